The van der Waals surface area contributed by atoms with Crippen molar-refractivity contribution in [1.29, 1.82) is 0 Å². The Bertz CT molecular complexity index is 1430. The Morgan fingerprint density at radius 1 is 0.811 bits per heavy atom. The van der Waals surface area contributed by atoms with Crippen molar-refractivity contribution >= 4 is 20.0 Å². The fourth-order valence-electron chi connectivity index (χ4n) is 5.46. The van der Waals surface area contributed by atoms with Gasteiger partial charge in [0.05, 0.1) is 9.79 Å². The lowest BCUT2D eigenvalue weighted by Gasteiger charge is -2.39. The van der Waals surface area contributed by atoms with E-state index in [0.717, 1.165) is 33.4 Å². The molecule has 0 saturated carbocycles. The first kappa shape index (κ1) is 27.8. The van der Waals surface area contributed by atoms with E-state index in [-0.39, 0.29) is 29.9 Å². The molecule has 4 rings (SSSR count). The number of hydrogen-bond acceptors (Lipinski definition) is 4. The minimum absolute atomic E-state index is 0.0162. The van der Waals surface area contributed by atoms with Crippen LogP contribution >= 0.6 is 0 Å². The Hall–Kier alpha value is -2.26. The second-order valence-electron chi connectivity index (χ2n) is 10.7. The van der Waals surface area contributed by atoms with Crippen molar-refractivity contribution in [2.45, 2.75) is 70.2 Å². The van der Waals surface area contributed by atoms with Crippen LogP contribution in [0.4, 0.5) is 0 Å². The van der Waals surface area contributed by atoms with Crippen molar-refractivity contribution in [3.63, 3.8) is 0 Å². The first-order valence-electron chi connectivity index (χ1n) is 12.9. The number of sulfonamides is 2. The van der Waals surface area contributed by atoms with Gasteiger partial charge in [-0.3, -0.25) is 0 Å². The monoisotopic (exact) mass is 542 g/mol. The predicted octanol–water partition coefficient (Wildman–Crippen LogP) is 5.29. The van der Waals surface area contributed by atoms with Gasteiger partial charge in [0, 0.05) is 25.7 Å². The summed E-state index contributed by atoms with van der Waals surface area (Å²) >= 11 is 0. The molecule has 0 N–H and O–H groups in total. The molecule has 37 heavy (non-hydrogen) atoms. The highest BCUT2D eigenvalue weighted by atomic mass is 32.2. The fourth-order valence-corrected chi connectivity index (χ4v) is 9.02. The summed E-state index contributed by atoms with van der Waals surface area (Å²) in [5.74, 6) is 0.0162. The van der Waals surface area contributed by atoms with Crippen LogP contribution in [0.25, 0.3) is 0 Å². The van der Waals surface area contributed by atoms with Crippen LogP contribution in [0.5, 0.6) is 0 Å². The number of fused-ring (bicyclic) bond motifs is 1. The van der Waals surface area contributed by atoms with E-state index < -0.39 is 20.0 Å². The molecule has 0 amide bonds. The normalized spacial score (nSPS) is 21.5. The van der Waals surface area contributed by atoms with E-state index in [1.54, 1.807) is 20.7 Å². The molecule has 2 heterocycles. The zero-order valence-corrected chi connectivity index (χ0v) is 24.3. The molecule has 0 aromatic heterocycles. The Balaban J connectivity index is 1.75. The summed E-state index contributed by atoms with van der Waals surface area (Å²) in [5.41, 5.74) is 5.33. The maximum absolute atomic E-state index is 14.1. The van der Waals surface area contributed by atoms with Crippen LogP contribution in [0.1, 0.15) is 48.9 Å². The summed E-state index contributed by atoms with van der Waals surface area (Å²) in [6.07, 6.45) is 5.45. The highest BCUT2D eigenvalue weighted by Gasteiger charge is 2.39. The van der Waals surface area contributed by atoms with Crippen molar-refractivity contribution in [2.24, 2.45) is 5.92 Å². The third-order valence-corrected chi connectivity index (χ3v) is 11.3. The van der Waals surface area contributed by atoms with Gasteiger partial charge in [-0.15, -0.1) is 0 Å². The maximum Gasteiger partial charge on any atom is 0.244 e. The molecule has 0 fully saturated rings. The average Bonchev–Trinajstić information content (AvgIpc) is 2.78. The Kier molecular flexibility index (Phi) is 7.87. The molecule has 6 nitrogen and oxygen atoms in total. The second kappa shape index (κ2) is 10.5. The molecule has 2 aromatic rings. The van der Waals surface area contributed by atoms with Crippen LogP contribution < -0.4 is 0 Å². The van der Waals surface area contributed by atoms with E-state index in [1.807, 2.05) is 71.9 Å². The van der Waals surface area contributed by atoms with E-state index in [9.17, 15) is 16.8 Å². The van der Waals surface area contributed by atoms with E-state index in [0.29, 0.717) is 24.3 Å². The largest absolute Gasteiger partial charge is 0.244 e. The molecule has 0 spiro atoms. The Labute approximate surface area is 222 Å². The molecule has 0 unspecified atom stereocenters. The van der Waals surface area contributed by atoms with Crippen LogP contribution in [0.2, 0.25) is 0 Å². The van der Waals surface area contributed by atoms with Crippen LogP contribution in [-0.2, 0) is 20.0 Å². The van der Waals surface area contributed by atoms with Gasteiger partial charge in [-0.05, 0) is 80.9 Å². The summed E-state index contributed by atoms with van der Waals surface area (Å²) in [6.45, 7) is 12.5. The molecule has 1 atom stereocenters. The molecular formula is C29H38N2O4S2. The lowest BCUT2D eigenvalue weighted by molar-refractivity contribution is 0.305. The maximum atomic E-state index is 14.1. The number of benzene rings is 2. The highest BCUT2D eigenvalue weighted by molar-refractivity contribution is 7.89. The topological polar surface area (TPSA) is 74.8 Å². The number of nitrogens with zero attached hydrogens (tertiary/aromatic N) is 2. The van der Waals surface area contributed by atoms with Crippen molar-refractivity contribution in [2.75, 3.05) is 19.6 Å². The molecule has 0 saturated heterocycles. The molecule has 2 aromatic carbocycles. The van der Waals surface area contributed by atoms with E-state index in [2.05, 4.69) is 6.08 Å². The quantitative estimate of drug-likeness (QED) is 0.515. The van der Waals surface area contributed by atoms with E-state index in [4.69, 9.17) is 0 Å². The second-order valence-corrected chi connectivity index (χ2v) is 14.5. The number of aryl methyl sites for hydroxylation is 4. The lowest BCUT2D eigenvalue weighted by Crippen LogP contribution is -2.47. The van der Waals surface area contributed by atoms with Gasteiger partial charge in [0.15, 0.2) is 0 Å². The summed E-state index contributed by atoms with van der Waals surface area (Å²) in [6, 6.07) is 10.4. The lowest BCUT2D eigenvalue weighted by atomic mass is 9.91. The van der Waals surface area contributed by atoms with Crippen LogP contribution in [-0.4, -0.2) is 51.1 Å². The molecule has 2 aliphatic rings. The molecule has 0 bridgehead atoms. The highest BCUT2D eigenvalue weighted by Crippen LogP contribution is 2.35. The van der Waals surface area contributed by atoms with Gasteiger partial charge in [-0.2, -0.15) is 8.61 Å². The first-order valence-corrected chi connectivity index (χ1v) is 15.8. The van der Waals surface area contributed by atoms with Gasteiger partial charge >= 0.3 is 0 Å². The van der Waals surface area contributed by atoms with Gasteiger partial charge in [0.2, 0.25) is 20.0 Å². The average molecular weight is 543 g/mol. The molecule has 200 valence electrons. The summed E-state index contributed by atoms with van der Waals surface area (Å²) in [4.78, 5) is 0.658. The van der Waals surface area contributed by atoms with Crippen LogP contribution in [0.3, 0.4) is 0 Å². The number of rotatable bonds is 5. The third-order valence-electron chi connectivity index (χ3n) is 7.31. The number of hydrogen-bond donors (Lipinski definition) is 0. The van der Waals surface area contributed by atoms with Gasteiger partial charge < -0.3 is 0 Å². The molecule has 0 radical (unpaired) electrons. The Morgan fingerprint density at radius 3 is 2.03 bits per heavy atom. The third kappa shape index (κ3) is 5.48. The number of allylic oxidation sites excluding steroid dienone is 1. The van der Waals surface area contributed by atoms with E-state index in [1.165, 1.54) is 0 Å². The van der Waals surface area contributed by atoms with Gasteiger partial charge in [-0.25, -0.2) is 16.8 Å². The van der Waals surface area contributed by atoms with Crippen molar-refractivity contribution < 1.29 is 16.8 Å². The van der Waals surface area contributed by atoms with Crippen molar-refractivity contribution in [3.05, 3.63) is 82.0 Å². The summed E-state index contributed by atoms with van der Waals surface area (Å²) in [5, 5.41) is 0. The SMILES string of the molecule is Cc1ccc(S(=O)(=O)N2CCC/C=C3/CN(S(=O)(=O)c4c(C)cc(C)cc4C)[C@@H](C(C)C)C=C3C2)cc1. The molecular weight excluding hydrogens is 504 g/mol. The van der Waals surface area contributed by atoms with Crippen LogP contribution in [0, 0.1) is 33.6 Å². The standard InChI is InChI=1S/C29H38N2O4S2/c1-20(2)28-17-26-18-30(36(32,33)27-12-10-21(3)11-13-27)14-8-7-9-25(26)19-31(28)37(34,35)29-23(5)15-22(4)16-24(29)6/h9-13,15-17,20,28H,7-8,14,18-19H2,1-6H3/b25-9-/t28-/m1/s1. The zero-order chi connectivity index (χ0) is 27.1. The predicted molar refractivity (Wildman–Crippen MR) is 149 cm³/mol. The molecule has 8 heteroatoms. The molecule has 0 aliphatic carbocycles. The Morgan fingerprint density at radius 2 is 1.43 bits per heavy atom. The van der Waals surface area contributed by atoms with Gasteiger partial charge in [0.1, 0.15) is 0 Å². The van der Waals surface area contributed by atoms with Crippen LogP contribution in [0.15, 0.2) is 69.5 Å². The smallest absolute Gasteiger partial charge is 0.207 e. The zero-order valence-electron chi connectivity index (χ0n) is 22.7. The minimum Gasteiger partial charge on any atom is -0.207 e. The molecule has 2 aliphatic heterocycles. The van der Waals surface area contributed by atoms with Crippen molar-refractivity contribution in [1.82, 2.24) is 8.61 Å². The fraction of sp³-hybridized carbons (Fsp3) is 0.448. The summed E-state index contributed by atoms with van der Waals surface area (Å²) < 4.78 is 58.4. The first-order chi connectivity index (χ1) is 17.3. The summed E-state index contributed by atoms with van der Waals surface area (Å²) in [7, 11) is -7.45. The van der Waals surface area contributed by atoms with Gasteiger partial charge in [-0.1, -0.05) is 61.4 Å². The minimum atomic E-state index is -3.78. The van der Waals surface area contributed by atoms with Crippen molar-refractivity contribution in [3.8, 4) is 0 Å². The van der Waals surface area contributed by atoms with E-state index >= 15 is 0 Å². The van der Waals surface area contributed by atoms with Gasteiger partial charge in [0.25, 0.3) is 0 Å².